The van der Waals surface area contributed by atoms with Crippen LogP contribution in [0.5, 0.6) is 0 Å². The van der Waals surface area contributed by atoms with Gasteiger partial charge in [-0.05, 0) is 19.1 Å². The quantitative estimate of drug-likeness (QED) is 0.876. The second-order valence-electron chi connectivity index (χ2n) is 4.12. The van der Waals surface area contributed by atoms with Crippen LogP contribution in [-0.2, 0) is 6.54 Å². The first-order valence-corrected chi connectivity index (χ1v) is 6.32. The average Bonchev–Trinajstić information content (AvgIpc) is 2.76. The Labute approximate surface area is 121 Å². The largest absolute Gasteiger partial charge is 0.307 e. The predicted molar refractivity (Wildman–Crippen MR) is 74.4 cm³/mol. The number of aryl methyl sites for hydroxylation is 2. The van der Waals surface area contributed by atoms with E-state index in [4.69, 9.17) is 16.9 Å². The fraction of sp³-hybridized carbons (Fsp3) is 0.231. The Hall–Kier alpha value is -2.39. The Kier molecular flexibility index (Phi) is 4.33. The Morgan fingerprint density at radius 1 is 1.55 bits per heavy atom. The van der Waals surface area contributed by atoms with Crippen molar-refractivity contribution >= 4 is 23.3 Å². The van der Waals surface area contributed by atoms with E-state index >= 15 is 0 Å². The molecule has 102 valence electrons. The number of hydrogen-bond acceptors (Lipinski definition) is 4. The topological polar surface area (TPSA) is 83.6 Å². The number of hydrogen-bond donors (Lipinski definition) is 1. The van der Waals surface area contributed by atoms with Crippen molar-refractivity contribution in [3.8, 4) is 6.07 Å². The summed E-state index contributed by atoms with van der Waals surface area (Å²) >= 11 is 5.75. The van der Waals surface area contributed by atoms with E-state index in [0.717, 1.165) is 5.69 Å². The highest BCUT2D eigenvalue weighted by Crippen LogP contribution is 2.14. The SMILES string of the molecule is Cc1cc(NC(=O)c2ccnc(Cl)c2)n(CCC#N)n1. The van der Waals surface area contributed by atoms with Crippen molar-refractivity contribution in [1.82, 2.24) is 14.8 Å². The monoisotopic (exact) mass is 289 g/mol. The summed E-state index contributed by atoms with van der Waals surface area (Å²) in [6.07, 6.45) is 1.79. The molecule has 0 spiro atoms. The molecular weight excluding hydrogens is 278 g/mol. The standard InChI is InChI=1S/C13H12ClN5O/c1-9-7-12(19(18-9)6-2-4-15)17-13(20)10-3-5-16-11(14)8-10/h3,5,7-8H,2,6H2,1H3,(H,17,20). The minimum Gasteiger partial charge on any atom is -0.307 e. The molecule has 0 fully saturated rings. The first-order valence-electron chi connectivity index (χ1n) is 5.94. The number of carbonyl (C=O) groups excluding carboxylic acids is 1. The molecule has 0 radical (unpaired) electrons. The minimum atomic E-state index is -0.299. The molecule has 1 amide bonds. The fourth-order valence-electron chi connectivity index (χ4n) is 1.70. The Morgan fingerprint density at radius 3 is 3.05 bits per heavy atom. The van der Waals surface area contributed by atoms with Crippen LogP contribution in [-0.4, -0.2) is 20.7 Å². The van der Waals surface area contributed by atoms with Gasteiger partial charge in [-0.2, -0.15) is 10.4 Å². The Bertz CT molecular complexity index is 674. The zero-order valence-electron chi connectivity index (χ0n) is 10.8. The number of amides is 1. The third-order valence-electron chi connectivity index (χ3n) is 2.57. The van der Waals surface area contributed by atoms with Crippen LogP contribution in [0.1, 0.15) is 22.5 Å². The van der Waals surface area contributed by atoms with Crippen molar-refractivity contribution in [2.45, 2.75) is 19.9 Å². The number of aromatic nitrogens is 3. The molecular formula is C13H12ClN5O. The van der Waals surface area contributed by atoms with Gasteiger partial charge in [0.15, 0.2) is 0 Å². The molecule has 0 atom stereocenters. The van der Waals surface area contributed by atoms with E-state index in [1.165, 1.54) is 12.3 Å². The number of nitriles is 1. The second-order valence-corrected chi connectivity index (χ2v) is 4.51. The number of nitrogens with one attached hydrogen (secondary N) is 1. The molecule has 2 heterocycles. The van der Waals surface area contributed by atoms with Crippen LogP contribution < -0.4 is 5.32 Å². The van der Waals surface area contributed by atoms with Gasteiger partial charge in [-0.1, -0.05) is 11.6 Å². The molecule has 0 saturated carbocycles. The summed E-state index contributed by atoms with van der Waals surface area (Å²) < 4.78 is 1.60. The Morgan fingerprint density at radius 2 is 2.35 bits per heavy atom. The van der Waals surface area contributed by atoms with Gasteiger partial charge in [-0.25, -0.2) is 9.67 Å². The van der Waals surface area contributed by atoms with Gasteiger partial charge in [0, 0.05) is 17.8 Å². The highest BCUT2D eigenvalue weighted by atomic mass is 35.5. The molecule has 2 aromatic heterocycles. The minimum absolute atomic E-state index is 0.256. The van der Waals surface area contributed by atoms with Crippen molar-refractivity contribution in [2.75, 3.05) is 5.32 Å². The summed E-state index contributed by atoms with van der Waals surface area (Å²) in [5.74, 6) is 0.253. The molecule has 1 N–H and O–H groups in total. The van der Waals surface area contributed by atoms with E-state index in [0.29, 0.717) is 24.3 Å². The third kappa shape index (κ3) is 3.33. The first-order chi connectivity index (χ1) is 9.60. The number of nitrogens with zero attached hydrogens (tertiary/aromatic N) is 4. The highest BCUT2D eigenvalue weighted by Gasteiger charge is 2.11. The summed E-state index contributed by atoms with van der Waals surface area (Å²) in [7, 11) is 0. The van der Waals surface area contributed by atoms with Crippen molar-refractivity contribution in [2.24, 2.45) is 0 Å². The maximum atomic E-state index is 12.1. The molecule has 7 heteroatoms. The summed E-state index contributed by atoms with van der Waals surface area (Å²) in [5, 5.41) is 15.8. The van der Waals surface area contributed by atoms with Crippen LogP contribution in [0, 0.1) is 18.3 Å². The van der Waals surface area contributed by atoms with Crippen LogP contribution in [0.2, 0.25) is 5.15 Å². The Balaban J connectivity index is 2.17. The van der Waals surface area contributed by atoms with E-state index in [-0.39, 0.29) is 11.1 Å². The predicted octanol–water partition coefficient (Wildman–Crippen LogP) is 2.41. The van der Waals surface area contributed by atoms with Crippen molar-refractivity contribution in [3.05, 3.63) is 40.8 Å². The summed E-state index contributed by atoms with van der Waals surface area (Å²) in [6, 6.07) is 6.85. The molecule has 2 rings (SSSR count). The number of pyridine rings is 1. The number of halogens is 1. The molecule has 6 nitrogen and oxygen atoms in total. The smallest absolute Gasteiger partial charge is 0.256 e. The third-order valence-corrected chi connectivity index (χ3v) is 2.77. The van der Waals surface area contributed by atoms with Gasteiger partial charge in [0.2, 0.25) is 0 Å². The van der Waals surface area contributed by atoms with Crippen LogP contribution in [0.15, 0.2) is 24.4 Å². The maximum Gasteiger partial charge on any atom is 0.256 e. The lowest BCUT2D eigenvalue weighted by molar-refractivity contribution is 0.102. The van der Waals surface area contributed by atoms with Gasteiger partial charge in [-0.15, -0.1) is 0 Å². The van der Waals surface area contributed by atoms with Crippen LogP contribution in [0.25, 0.3) is 0 Å². The molecule has 20 heavy (non-hydrogen) atoms. The molecule has 0 unspecified atom stereocenters. The maximum absolute atomic E-state index is 12.1. The van der Waals surface area contributed by atoms with Crippen molar-refractivity contribution in [3.63, 3.8) is 0 Å². The van der Waals surface area contributed by atoms with Crippen LogP contribution in [0.4, 0.5) is 5.82 Å². The zero-order chi connectivity index (χ0) is 14.5. The highest BCUT2D eigenvalue weighted by molar-refractivity contribution is 6.29. The summed E-state index contributed by atoms with van der Waals surface area (Å²) in [4.78, 5) is 15.9. The lowest BCUT2D eigenvalue weighted by Crippen LogP contribution is -2.16. The lowest BCUT2D eigenvalue weighted by Gasteiger charge is -2.07. The van der Waals surface area contributed by atoms with E-state index < -0.39 is 0 Å². The summed E-state index contributed by atoms with van der Waals surface area (Å²) in [5.41, 5.74) is 1.18. The average molecular weight is 290 g/mol. The molecule has 0 aliphatic carbocycles. The fourth-order valence-corrected chi connectivity index (χ4v) is 1.88. The van der Waals surface area contributed by atoms with Crippen LogP contribution >= 0.6 is 11.6 Å². The first kappa shape index (κ1) is 14.0. The van der Waals surface area contributed by atoms with Gasteiger partial charge >= 0.3 is 0 Å². The molecule has 0 aromatic carbocycles. The van der Waals surface area contributed by atoms with Crippen LogP contribution in [0.3, 0.4) is 0 Å². The van der Waals surface area contributed by atoms with E-state index in [1.54, 1.807) is 16.8 Å². The lowest BCUT2D eigenvalue weighted by atomic mass is 10.2. The molecule has 0 saturated heterocycles. The van der Waals surface area contributed by atoms with Gasteiger partial charge in [0.1, 0.15) is 11.0 Å². The number of carbonyl (C=O) groups is 1. The zero-order valence-corrected chi connectivity index (χ0v) is 11.6. The number of rotatable bonds is 4. The van der Waals surface area contributed by atoms with Crippen molar-refractivity contribution in [1.29, 1.82) is 5.26 Å². The second kappa shape index (κ2) is 6.17. The van der Waals surface area contributed by atoms with E-state index in [1.807, 2.05) is 13.0 Å². The van der Waals surface area contributed by atoms with Gasteiger partial charge in [-0.3, -0.25) is 4.79 Å². The van der Waals surface area contributed by atoms with Gasteiger partial charge in [0.25, 0.3) is 5.91 Å². The molecule has 0 bridgehead atoms. The van der Waals surface area contributed by atoms with E-state index in [9.17, 15) is 4.79 Å². The summed E-state index contributed by atoms with van der Waals surface area (Å²) in [6.45, 7) is 2.25. The molecule has 0 aliphatic heterocycles. The van der Waals surface area contributed by atoms with Gasteiger partial charge < -0.3 is 5.32 Å². The normalized spacial score (nSPS) is 10.1. The van der Waals surface area contributed by atoms with Gasteiger partial charge in [0.05, 0.1) is 24.7 Å². The number of anilines is 1. The van der Waals surface area contributed by atoms with E-state index in [2.05, 4.69) is 15.4 Å². The molecule has 2 aromatic rings. The molecule has 0 aliphatic rings. The van der Waals surface area contributed by atoms with Crippen molar-refractivity contribution < 1.29 is 4.79 Å².